The van der Waals surface area contributed by atoms with Gasteiger partial charge in [-0.25, -0.2) is 18.2 Å². The zero-order valence-electron chi connectivity index (χ0n) is 25.6. The Labute approximate surface area is 251 Å². The molecule has 3 atom stereocenters. The Morgan fingerprint density at radius 3 is 2.35 bits per heavy atom. The Kier molecular flexibility index (Phi) is 14.4. The summed E-state index contributed by atoms with van der Waals surface area (Å²) >= 11 is 0. The van der Waals surface area contributed by atoms with Crippen LogP contribution in [0.5, 0.6) is 0 Å². The third-order valence-corrected chi connectivity index (χ3v) is 10.3. The van der Waals surface area contributed by atoms with Crippen LogP contribution in [0.15, 0.2) is 33.4 Å². The molecule has 244 valence electrons. The Bertz CT molecular complexity index is 1260. The van der Waals surface area contributed by atoms with E-state index in [0.717, 1.165) is 10.6 Å². The van der Waals surface area contributed by atoms with Crippen LogP contribution in [-0.4, -0.2) is 71.4 Å². The predicted octanol–water partition coefficient (Wildman–Crippen LogP) is 5.27. The minimum Gasteiger partial charge on any atom is -0.467 e. The molecule has 0 fully saturated rings. The Balaban J connectivity index is 2.53. The van der Waals surface area contributed by atoms with E-state index in [9.17, 15) is 14.2 Å². The second-order valence-electron chi connectivity index (χ2n) is 10.1. The van der Waals surface area contributed by atoms with Gasteiger partial charge in [-0.05, 0) is 41.5 Å². The number of alkyl halides is 2. The fourth-order valence-electron chi connectivity index (χ4n) is 4.44. The number of hydrogen-bond acceptors (Lipinski definition) is 11. The lowest BCUT2D eigenvalue weighted by Gasteiger charge is -2.36. The van der Waals surface area contributed by atoms with E-state index in [2.05, 4.69) is 4.98 Å². The molecule has 1 aliphatic heterocycles. The monoisotopic (exact) mass is 654 g/mol. The number of rotatable bonds is 19. The molecule has 1 N–H and O–H groups in total. The smallest absolute Gasteiger partial charge is 0.336 e. The van der Waals surface area contributed by atoms with E-state index in [0.29, 0.717) is 0 Å². The van der Waals surface area contributed by atoms with Crippen LogP contribution < -0.4 is 11.2 Å². The van der Waals surface area contributed by atoms with Crippen LogP contribution in [0.3, 0.4) is 0 Å². The summed E-state index contributed by atoms with van der Waals surface area (Å²) in [6, 6.07) is 2.97. The van der Waals surface area contributed by atoms with Crippen LogP contribution in [0, 0.1) is 11.3 Å². The fourth-order valence-corrected chi connectivity index (χ4v) is 7.87. The minimum absolute atomic E-state index is 0.0218. The summed E-state index contributed by atoms with van der Waals surface area (Å²) in [5.74, 6) is -3.51. The molecule has 2 heterocycles. The van der Waals surface area contributed by atoms with Gasteiger partial charge in [-0.2, -0.15) is 5.26 Å². The van der Waals surface area contributed by atoms with Crippen LogP contribution in [0.4, 0.5) is 8.78 Å². The number of nitrogens with one attached hydrogen (secondary N) is 1. The molecule has 2 unspecified atom stereocenters. The van der Waals surface area contributed by atoms with Crippen LogP contribution in [0.2, 0.25) is 0 Å². The first kappa shape index (κ1) is 37.0. The number of ether oxygens (including phenoxy) is 2. The number of H-pyrrole nitrogens is 1. The highest BCUT2D eigenvalue weighted by Gasteiger charge is 2.46. The van der Waals surface area contributed by atoms with Gasteiger partial charge in [0.2, 0.25) is 6.23 Å². The molecule has 43 heavy (non-hydrogen) atoms. The number of aromatic amines is 1. The van der Waals surface area contributed by atoms with Crippen molar-refractivity contribution in [2.45, 2.75) is 91.1 Å². The highest BCUT2D eigenvalue weighted by molar-refractivity contribution is 7.53. The molecule has 0 spiro atoms. The van der Waals surface area contributed by atoms with Crippen LogP contribution in [-0.2, 0) is 32.1 Å². The molecule has 0 aliphatic carbocycles. The lowest BCUT2D eigenvalue weighted by Crippen LogP contribution is -2.37. The summed E-state index contributed by atoms with van der Waals surface area (Å²) in [7, 11) is -4.65. The van der Waals surface area contributed by atoms with Crippen molar-refractivity contribution in [1.29, 1.82) is 5.26 Å². The Morgan fingerprint density at radius 2 is 1.84 bits per heavy atom. The molecule has 1 aromatic rings. The first-order chi connectivity index (χ1) is 20.2. The van der Waals surface area contributed by atoms with Gasteiger partial charge in [-0.15, -0.1) is 0 Å². The fraction of sp³-hybridized carbons (Fsp3) is 0.731. The van der Waals surface area contributed by atoms with E-state index >= 15 is 8.78 Å². The maximum absolute atomic E-state index is 15.2. The molecule has 0 amide bonds. The van der Waals surface area contributed by atoms with Crippen molar-refractivity contribution in [2.75, 3.05) is 33.1 Å². The van der Waals surface area contributed by atoms with Gasteiger partial charge in [0.05, 0.1) is 32.3 Å². The van der Waals surface area contributed by atoms with Gasteiger partial charge in [0.15, 0.2) is 11.9 Å². The number of aromatic nitrogens is 2. The molecule has 0 saturated carbocycles. The molecule has 0 saturated heterocycles. The molecule has 1 aliphatic rings. The number of allylic oxidation sites excluding steroid dienone is 1. The average molecular weight is 655 g/mol. The van der Waals surface area contributed by atoms with Crippen molar-refractivity contribution in [3.05, 3.63) is 44.6 Å². The van der Waals surface area contributed by atoms with Gasteiger partial charge in [0.1, 0.15) is 11.9 Å². The largest absolute Gasteiger partial charge is 0.467 e. The standard InChI is InChI=1S/C26H42F2N4O9P2/c1-8-38-43(35,39-9-2)17-26(27,28)13-11-20-22(41-42(37-16-10-14-29)32(18(3)4)19(5)6)23(36-7)24(40-20)31-15-12-21(33)30-25(31)34/h12,15,18-19,23-24H,8-11,13,16-17H2,1-7H3,(H,30,33,34)/t23?,24-,42?/m1/s1. The van der Waals surface area contributed by atoms with Crippen LogP contribution >= 0.6 is 16.1 Å². The van der Waals surface area contributed by atoms with Crippen molar-refractivity contribution in [2.24, 2.45) is 0 Å². The van der Waals surface area contributed by atoms with Crippen molar-refractivity contribution in [1.82, 2.24) is 14.2 Å². The second kappa shape index (κ2) is 16.8. The highest BCUT2D eigenvalue weighted by Crippen LogP contribution is 2.54. The third kappa shape index (κ3) is 10.5. The first-order valence-electron chi connectivity index (χ1n) is 14.0. The zero-order chi connectivity index (χ0) is 32.4. The van der Waals surface area contributed by atoms with Gasteiger partial charge in [-0.3, -0.25) is 18.9 Å². The molecule has 0 bridgehead atoms. The summed E-state index contributed by atoms with van der Waals surface area (Å²) in [5, 5.41) is 9.05. The molecule has 0 aromatic carbocycles. The van der Waals surface area contributed by atoms with Crippen molar-refractivity contribution in [3.63, 3.8) is 0 Å². The number of halogens is 2. The average Bonchev–Trinajstić information content (AvgIpc) is 3.23. The highest BCUT2D eigenvalue weighted by atomic mass is 31.2. The minimum atomic E-state index is -4.07. The van der Waals surface area contributed by atoms with Gasteiger partial charge in [-0.1, -0.05) is 0 Å². The van der Waals surface area contributed by atoms with Gasteiger partial charge in [0.25, 0.3) is 11.5 Å². The lowest BCUT2D eigenvalue weighted by atomic mass is 10.1. The van der Waals surface area contributed by atoms with E-state index in [-0.39, 0.29) is 49.8 Å². The van der Waals surface area contributed by atoms with Gasteiger partial charge >= 0.3 is 21.8 Å². The van der Waals surface area contributed by atoms with Crippen molar-refractivity contribution in [3.8, 4) is 6.07 Å². The molecule has 17 heteroatoms. The number of methoxy groups -OCH3 is 1. The predicted molar refractivity (Wildman–Crippen MR) is 155 cm³/mol. The van der Waals surface area contributed by atoms with Crippen LogP contribution in [0.1, 0.15) is 67.0 Å². The van der Waals surface area contributed by atoms with E-state index in [1.807, 2.05) is 38.4 Å². The summed E-state index contributed by atoms with van der Waals surface area (Å²) < 4.78 is 80.4. The first-order valence-corrected chi connectivity index (χ1v) is 16.8. The number of nitriles is 1. The van der Waals surface area contributed by atoms with E-state index in [1.54, 1.807) is 0 Å². The quantitative estimate of drug-likeness (QED) is 0.153. The maximum Gasteiger partial charge on any atom is 0.336 e. The second-order valence-corrected chi connectivity index (χ2v) is 13.5. The summed E-state index contributed by atoms with van der Waals surface area (Å²) in [6.45, 7) is 10.7. The van der Waals surface area contributed by atoms with Crippen LogP contribution in [0.25, 0.3) is 0 Å². The van der Waals surface area contributed by atoms with Crippen molar-refractivity contribution < 1.29 is 40.9 Å². The van der Waals surface area contributed by atoms with E-state index < -0.39 is 64.6 Å². The number of hydrogen-bond donors (Lipinski definition) is 1. The summed E-state index contributed by atoms with van der Waals surface area (Å²) in [6.07, 6.45) is -3.39. The van der Waals surface area contributed by atoms with Crippen molar-refractivity contribution >= 4 is 16.1 Å². The topological polar surface area (TPSA) is 154 Å². The lowest BCUT2D eigenvalue weighted by molar-refractivity contribution is -0.0383. The summed E-state index contributed by atoms with van der Waals surface area (Å²) in [4.78, 5) is 26.5. The van der Waals surface area contributed by atoms with E-state index in [1.165, 1.54) is 27.2 Å². The maximum atomic E-state index is 15.2. The Morgan fingerprint density at radius 1 is 1.21 bits per heavy atom. The van der Waals surface area contributed by atoms with Gasteiger partial charge < -0.3 is 27.6 Å². The van der Waals surface area contributed by atoms with Gasteiger partial charge in [0, 0.05) is 44.3 Å². The number of nitrogens with zero attached hydrogens (tertiary/aromatic N) is 3. The normalized spacial score (nSPS) is 18.4. The molecule has 13 nitrogen and oxygen atoms in total. The molecular weight excluding hydrogens is 612 g/mol. The molecular formula is C26H42F2N4O9P2. The molecule has 1 aromatic heterocycles. The van der Waals surface area contributed by atoms with E-state index in [4.69, 9.17) is 32.8 Å². The summed E-state index contributed by atoms with van der Waals surface area (Å²) in [5.41, 5.74) is -1.44. The molecule has 2 rings (SSSR count). The molecule has 0 radical (unpaired) electrons. The Hall–Kier alpha value is -2.17. The SMILES string of the molecule is CCOP(=O)(CC(F)(F)CCC1=C(OP(OCCC#N)N(C(C)C)C(C)C)C(OC)[C@H](n2ccc(=O)[nH]c2=O)O1)OCC. The third-order valence-electron chi connectivity index (χ3n) is 6.07. The zero-order valence-corrected chi connectivity index (χ0v) is 27.4.